The Morgan fingerprint density at radius 1 is 1.28 bits per heavy atom. The minimum Gasteiger partial charge on any atom is -0.460 e. The first-order valence-electron chi connectivity index (χ1n) is 8.11. The summed E-state index contributed by atoms with van der Waals surface area (Å²) in [6.07, 6.45) is -3.47. The number of esters is 1. The Kier molecular flexibility index (Phi) is 6.37. The molecule has 0 saturated heterocycles. The first-order chi connectivity index (χ1) is 13.3. The Hall–Kier alpha value is -2.88. The largest absolute Gasteiger partial charge is 0.460 e. The number of halogens is 5. The molecule has 1 aromatic carbocycles. The van der Waals surface area contributed by atoms with E-state index in [1.54, 1.807) is 18.8 Å². The third kappa shape index (κ3) is 4.94. The fourth-order valence-electron chi connectivity index (χ4n) is 2.52. The van der Waals surface area contributed by atoms with Crippen molar-refractivity contribution in [2.75, 3.05) is 0 Å². The molecule has 0 amide bonds. The van der Waals surface area contributed by atoms with Gasteiger partial charge in [0.05, 0.1) is 16.7 Å². The van der Waals surface area contributed by atoms with Gasteiger partial charge >= 0.3 is 17.8 Å². The molecule has 0 atom stereocenters. The van der Waals surface area contributed by atoms with Gasteiger partial charge in [-0.25, -0.2) is 14.0 Å². The van der Waals surface area contributed by atoms with E-state index in [0.29, 0.717) is 6.07 Å². The maximum Gasteiger partial charge on any atom is 0.432 e. The van der Waals surface area contributed by atoms with Crippen LogP contribution < -0.4 is 11.2 Å². The zero-order valence-electron chi connectivity index (χ0n) is 15.4. The number of benzene rings is 1. The number of carbonyl (C=O) groups is 1. The van der Waals surface area contributed by atoms with Crippen LogP contribution in [0.15, 0.2) is 27.8 Å². The predicted octanol–water partition coefficient (Wildman–Crippen LogP) is 3.52. The topological polar surface area (TPSA) is 81.2 Å². The zero-order chi connectivity index (χ0) is 22.1. The van der Waals surface area contributed by atoms with Crippen LogP contribution in [-0.2, 0) is 22.8 Å². The number of nitrogens with one attached hydrogen (secondary N) is 1. The van der Waals surface area contributed by atoms with Gasteiger partial charge in [-0.1, -0.05) is 11.6 Å². The molecule has 1 aromatic heterocycles. The van der Waals surface area contributed by atoms with Crippen molar-refractivity contribution in [1.29, 1.82) is 0 Å². The molecule has 0 spiro atoms. The quantitative estimate of drug-likeness (QED) is 0.453. The molecule has 0 fully saturated rings. The Labute approximate surface area is 166 Å². The van der Waals surface area contributed by atoms with E-state index in [2.05, 4.69) is 0 Å². The lowest BCUT2D eigenvalue weighted by atomic mass is 10.0. The van der Waals surface area contributed by atoms with E-state index in [1.165, 1.54) is 0 Å². The molecular weight excluding hydrogens is 420 g/mol. The number of alkyl halides is 3. The van der Waals surface area contributed by atoms with Crippen molar-refractivity contribution in [3.63, 3.8) is 0 Å². The number of ether oxygens (including phenoxy) is 1. The van der Waals surface area contributed by atoms with E-state index in [1.807, 2.05) is 0 Å². The number of H-pyrrole nitrogens is 1. The maximum absolute atomic E-state index is 14.5. The highest BCUT2D eigenvalue weighted by atomic mass is 35.5. The van der Waals surface area contributed by atoms with Crippen molar-refractivity contribution in [2.24, 2.45) is 7.05 Å². The number of aromatic nitrogens is 2. The first kappa shape index (κ1) is 22.4. The first-order valence-corrected chi connectivity index (χ1v) is 8.49. The molecule has 0 aliphatic heterocycles. The number of carbonyl (C=O) groups excluding carboxylic acids is 1. The third-order valence-corrected chi connectivity index (χ3v) is 4.03. The molecule has 1 N–H and O–H groups in total. The molecule has 11 heteroatoms. The van der Waals surface area contributed by atoms with Gasteiger partial charge in [-0.05, 0) is 37.6 Å². The lowest BCUT2D eigenvalue weighted by Gasteiger charge is -2.16. The summed E-state index contributed by atoms with van der Waals surface area (Å²) in [5.41, 5.74) is -6.22. The van der Waals surface area contributed by atoms with Crippen LogP contribution >= 0.6 is 11.6 Å². The summed E-state index contributed by atoms with van der Waals surface area (Å²) in [7, 11) is 0.793. The van der Waals surface area contributed by atoms with Gasteiger partial charge in [-0.3, -0.25) is 14.3 Å². The Morgan fingerprint density at radius 3 is 2.45 bits per heavy atom. The molecule has 156 valence electrons. The normalized spacial score (nSPS) is 12.0. The molecule has 0 bridgehead atoms. The summed E-state index contributed by atoms with van der Waals surface area (Å²) >= 11 is 5.90. The summed E-state index contributed by atoms with van der Waals surface area (Å²) in [6, 6.07) is 1.58. The molecule has 2 aromatic rings. The van der Waals surface area contributed by atoms with Crippen LogP contribution in [0.3, 0.4) is 0 Å². The van der Waals surface area contributed by atoms with Gasteiger partial charge in [0, 0.05) is 18.7 Å². The number of aromatic amines is 1. The maximum atomic E-state index is 14.5. The summed E-state index contributed by atoms with van der Waals surface area (Å²) in [5, 5.41) is -0.213. The van der Waals surface area contributed by atoms with Crippen molar-refractivity contribution in [3.8, 4) is 11.1 Å². The van der Waals surface area contributed by atoms with Gasteiger partial charge in [0.25, 0.3) is 5.56 Å². The molecule has 29 heavy (non-hydrogen) atoms. The summed E-state index contributed by atoms with van der Waals surface area (Å²) in [6.45, 7) is 3.22. The molecule has 1 heterocycles. The second kappa shape index (κ2) is 8.24. The average molecular weight is 435 g/mol. The number of hydrogen-bond donors (Lipinski definition) is 1. The lowest BCUT2D eigenvalue weighted by Crippen LogP contribution is -2.35. The molecule has 6 nitrogen and oxygen atoms in total. The smallest absolute Gasteiger partial charge is 0.432 e. The van der Waals surface area contributed by atoms with Crippen molar-refractivity contribution in [1.82, 2.24) is 9.55 Å². The molecule has 0 aliphatic rings. The fourth-order valence-corrected chi connectivity index (χ4v) is 2.73. The van der Waals surface area contributed by atoms with Crippen LogP contribution in [-0.4, -0.2) is 21.6 Å². The lowest BCUT2D eigenvalue weighted by molar-refractivity contribution is -0.143. The number of nitrogens with zero attached hydrogens (tertiary/aromatic N) is 1. The van der Waals surface area contributed by atoms with Gasteiger partial charge in [0.1, 0.15) is 11.5 Å². The standard InChI is InChI=1S/C18H15ClF4N2O4/c1-8(2)29-13(26)5-4-9-6-10(12(20)7-11(9)19)14-15(18(21,22)23)25(3)17(28)24-16(14)27/h4-8H,1-3H3,(H,24,27,28). The molecule has 0 radical (unpaired) electrons. The number of rotatable bonds is 4. The summed E-state index contributed by atoms with van der Waals surface area (Å²) in [5.74, 6) is -1.97. The molecule has 2 rings (SSSR count). The van der Waals surface area contributed by atoms with Crippen LogP contribution in [0.4, 0.5) is 17.6 Å². The summed E-state index contributed by atoms with van der Waals surface area (Å²) < 4.78 is 60.0. The van der Waals surface area contributed by atoms with Crippen molar-refractivity contribution in [3.05, 3.63) is 61.1 Å². The highest BCUT2D eigenvalue weighted by molar-refractivity contribution is 6.32. The zero-order valence-corrected chi connectivity index (χ0v) is 16.1. The highest BCUT2D eigenvalue weighted by Gasteiger charge is 2.39. The number of hydrogen-bond acceptors (Lipinski definition) is 4. The van der Waals surface area contributed by atoms with E-state index >= 15 is 0 Å². The van der Waals surface area contributed by atoms with E-state index < -0.39 is 52.1 Å². The van der Waals surface area contributed by atoms with Gasteiger partial charge in [-0.2, -0.15) is 13.2 Å². The van der Waals surface area contributed by atoms with Crippen LogP contribution in [0, 0.1) is 5.82 Å². The van der Waals surface area contributed by atoms with Crippen LogP contribution in [0.2, 0.25) is 5.02 Å². The van der Waals surface area contributed by atoms with E-state index in [4.69, 9.17) is 16.3 Å². The Balaban J connectivity index is 2.73. The van der Waals surface area contributed by atoms with E-state index in [0.717, 1.165) is 25.3 Å². The summed E-state index contributed by atoms with van der Waals surface area (Å²) in [4.78, 5) is 37.1. The van der Waals surface area contributed by atoms with Crippen LogP contribution in [0.1, 0.15) is 25.1 Å². The molecule has 0 aliphatic carbocycles. The Bertz CT molecular complexity index is 1100. The monoisotopic (exact) mass is 434 g/mol. The van der Waals surface area contributed by atoms with Gasteiger partial charge in [0.2, 0.25) is 0 Å². The van der Waals surface area contributed by atoms with Gasteiger partial charge < -0.3 is 4.74 Å². The SMILES string of the molecule is CC(C)OC(=O)C=Cc1cc(-c2c(C(F)(F)F)n(C)c(=O)[nH]c2=O)c(F)cc1Cl. The van der Waals surface area contributed by atoms with Crippen LogP contribution in [0.5, 0.6) is 0 Å². The molecular formula is C18H15ClF4N2O4. The Morgan fingerprint density at radius 2 is 1.90 bits per heavy atom. The third-order valence-electron chi connectivity index (χ3n) is 3.70. The highest BCUT2D eigenvalue weighted by Crippen LogP contribution is 2.36. The molecule has 0 saturated carbocycles. The van der Waals surface area contributed by atoms with Gasteiger partial charge in [0.15, 0.2) is 0 Å². The van der Waals surface area contributed by atoms with Crippen molar-refractivity contribution in [2.45, 2.75) is 26.1 Å². The van der Waals surface area contributed by atoms with E-state index in [9.17, 15) is 31.9 Å². The molecule has 0 unspecified atom stereocenters. The predicted molar refractivity (Wildman–Crippen MR) is 98.0 cm³/mol. The van der Waals surface area contributed by atoms with E-state index in [-0.39, 0.29) is 15.2 Å². The fraction of sp³-hybridized carbons (Fsp3) is 0.278. The van der Waals surface area contributed by atoms with Crippen molar-refractivity contribution < 1.29 is 27.1 Å². The van der Waals surface area contributed by atoms with Gasteiger partial charge in [-0.15, -0.1) is 0 Å². The second-order valence-electron chi connectivity index (χ2n) is 6.21. The minimum absolute atomic E-state index is 0.0369. The average Bonchev–Trinajstić information content (AvgIpc) is 2.56. The minimum atomic E-state index is -5.12. The van der Waals surface area contributed by atoms with Crippen LogP contribution in [0.25, 0.3) is 17.2 Å². The van der Waals surface area contributed by atoms with Crippen molar-refractivity contribution >= 4 is 23.6 Å². The second-order valence-corrected chi connectivity index (χ2v) is 6.62.